The van der Waals surface area contributed by atoms with Crippen LogP contribution < -0.4 is 19.5 Å². The van der Waals surface area contributed by atoms with Gasteiger partial charge in [0, 0.05) is 11.3 Å². The Hall–Kier alpha value is -4.06. The molecule has 0 fully saturated rings. The van der Waals surface area contributed by atoms with Crippen molar-refractivity contribution in [1.29, 1.82) is 0 Å². The van der Waals surface area contributed by atoms with E-state index in [1.54, 1.807) is 36.4 Å². The van der Waals surface area contributed by atoms with Crippen LogP contribution in [-0.2, 0) is 20.0 Å². The number of nitrogens with one attached hydrogen (secondary N) is 3. The third kappa shape index (κ3) is 6.69. The zero-order valence-corrected chi connectivity index (χ0v) is 23.2. The maximum absolute atomic E-state index is 12.9. The van der Waals surface area contributed by atoms with Gasteiger partial charge in [-0.05, 0) is 79.2 Å². The topological polar surface area (TPSA) is 131 Å². The highest BCUT2D eigenvalue weighted by molar-refractivity contribution is 7.93. The second-order valence-electron chi connectivity index (χ2n) is 8.40. The van der Waals surface area contributed by atoms with E-state index in [1.165, 1.54) is 61.7 Å². The van der Waals surface area contributed by atoms with Crippen LogP contribution in [0.3, 0.4) is 0 Å². The standard InChI is InChI=1S/C27H24ClN3O6S2/c1-18-8-15-26(37-2)25(16-18)31-39(35,36)22-12-10-20(11-13-22)29-27(32)19-9-14-24(23(28)17-19)30-38(33,34)21-6-4-3-5-7-21/h3-17,30-31H,1-2H3,(H,29,32). The van der Waals surface area contributed by atoms with E-state index in [0.717, 1.165) is 5.56 Å². The minimum absolute atomic E-state index is 0.0119. The minimum atomic E-state index is -3.92. The fraction of sp³-hybridized carbons (Fsp3) is 0.0741. The van der Waals surface area contributed by atoms with Crippen molar-refractivity contribution in [3.05, 3.63) is 107 Å². The van der Waals surface area contributed by atoms with Gasteiger partial charge in [0.05, 0.1) is 33.3 Å². The fourth-order valence-electron chi connectivity index (χ4n) is 3.57. The third-order valence-electron chi connectivity index (χ3n) is 5.55. The predicted molar refractivity (Wildman–Crippen MR) is 152 cm³/mol. The van der Waals surface area contributed by atoms with E-state index in [9.17, 15) is 21.6 Å². The van der Waals surface area contributed by atoms with Crippen molar-refractivity contribution in [1.82, 2.24) is 0 Å². The average Bonchev–Trinajstić information content (AvgIpc) is 2.90. The molecule has 0 saturated carbocycles. The molecule has 4 rings (SSSR count). The van der Waals surface area contributed by atoms with Crippen LogP contribution in [0.1, 0.15) is 15.9 Å². The van der Waals surface area contributed by atoms with Gasteiger partial charge in [0.15, 0.2) is 0 Å². The Morgan fingerprint density at radius 2 is 1.36 bits per heavy atom. The molecule has 202 valence electrons. The van der Waals surface area contributed by atoms with Crippen molar-refractivity contribution in [2.45, 2.75) is 16.7 Å². The number of ether oxygens (including phenoxy) is 1. The highest BCUT2D eigenvalue weighted by atomic mass is 35.5. The van der Waals surface area contributed by atoms with E-state index in [1.807, 2.05) is 6.92 Å². The van der Waals surface area contributed by atoms with E-state index in [2.05, 4.69) is 14.8 Å². The number of aryl methyl sites for hydroxylation is 1. The number of hydrogen-bond donors (Lipinski definition) is 3. The molecule has 0 atom stereocenters. The van der Waals surface area contributed by atoms with Crippen molar-refractivity contribution >= 4 is 54.6 Å². The summed E-state index contributed by atoms with van der Waals surface area (Å²) < 4.78 is 61.0. The lowest BCUT2D eigenvalue weighted by atomic mass is 10.2. The lowest BCUT2D eigenvalue weighted by Crippen LogP contribution is -2.15. The zero-order chi connectivity index (χ0) is 28.2. The van der Waals surface area contributed by atoms with Crippen LogP contribution in [0.2, 0.25) is 5.02 Å². The molecule has 12 heteroatoms. The number of anilines is 3. The predicted octanol–water partition coefficient (Wildman–Crippen LogP) is 5.51. The number of carbonyl (C=O) groups excluding carboxylic acids is 1. The summed E-state index contributed by atoms with van der Waals surface area (Å²) in [5.74, 6) is -0.141. The summed E-state index contributed by atoms with van der Waals surface area (Å²) in [7, 11) is -6.33. The van der Waals surface area contributed by atoms with Gasteiger partial charge in [-0.3, -0.25) is 14.2 Å². The molecule has 0 radical (unpaired) electrons. The molecular formula is C27H24ClN3O6S2. The molecule has 0 spiro atoms. The van der Waals surface area contributed by atoms with Crippen LogP contribution in [-0.4, -0.2) is 29.9 Å². The summed E-state index contributed by atoms with van der Waals surface area (Å²) in [5, 5.41) is 2.69. The van der Waals surface area contributed by atoms with Gasteiger partial charge in [-0.25, -0.2) is 16.8 Å². The molecule has 0 bridgehead atoms. The first kappa shape index (κ1) is 28.0. The molecule has 4 aromatic rings. The van der Waals surface area contributed by atoms with Crippen molar-refractivity contribution in [3.63, 3.8) is 0 Å². The Balaban J connectivity index is 1.45. The third-order valence-corrected chi connectivity index (χ3v) is 8.63. The molecule has 1 amide bonds. The molecule has 0 aliphatic rings. The van der Waals surface area contributed by atoms with Gasteiger partial charge in [-0.2, -0.15) is 0 Å². The van der Waals surface area contributed by atoms with Gasteiger partial charge >= 0.3 is 0 Å². The molecule has 0 aliphatic carbocycles. The van der Waals surface area contributed by atoms with Crippen LogP contribution in [0.25, 0.3) is 0 Å². The van der Waals surface area contributed by atoms with Crippen molar-refractivity contribution in [3.8, 4) is 5.75 Å². The maximum atomic E-state index is 12.9. The lowest BCUT2D eigenvalue weighted by molar-refractivity contribution is 0.102. The number of halogens is 1. The van der Waals surface area contributed by atoms with E-state index >= 15 is 0 Å². The smallest absolute Gasteiger partial charge is 0.262 e. The minimum Gasteiger partial charge on any atom is -0.495 e. The van der Waals surface area contributed by atoms with Gasteiger partial charge in [0.25, 0.3) is 26.0 Å². The van der Waals surface area contributed by atoms with Crippen LogP contribution >= 0.6 is 11.6 Å². The van der Waals surface area contributed by atoms with Crippen LogP contribution in [0.15, 0.2) is 101 Å². The van der Waals surface area contributed by atoms with Crippen LogP contribution in [0.5, 0.6) is 5.75 Å². The Labute approximate surface area is 231 Å². The Morgan fingerprint density at radius 1 is 0.744 bits per heavy atom. The first-order valence-electron chi connectivity index (χ1n) is 11.4. The molecule has 0 unspecified atom stereocenters. The summed E-state index contributed by atoms with van der Waals surface area (Å²) in [6.07, 6.45) is 0. The van der Waals surface area contributed by atoms with E-state index in [4.69, 9.17) is 16.3 Å². The fourth-order valence-corrected chi connectivity index (χ4v) is 6.01. The van der Waals surface area contributed by atoms with Crippen molar-refractivity contribution in [2.75, 3.05) is 21.9 Å². The molecule has 0 aromatic heterocycles. The molecule has 0 heterocycles. The van der Waals surface area contributed by atoms with Gasteiger partial charge in [-0.1, -0.05) is 35.9 Å². The number of benzene rings is 4. The molecule has 9 nitrogen and oxygen atoms in total. The molecule has 4 aromatic carbocycles. The number of hydrogen-bond acceptors (Lipinski definition) is 6. The lowest BCUT2D eigenvalue weighted by Gasteiger charge is -2.13. The maximum Gasteiger partial charge on any atom is 0.262 e. The van der Waals surface area contributed by atoms with Crippen molar-refractivity contribution in [2.24, 2.45) is 0 Å². The summed E-state index contributed by atoms with van der Waals surface area (Å²) >= 11 is 6.25. The molecule has 0 saturated heterocycles. The molecular weight excluding hydrogens is 562 g/mol. The van der Waals surface area contributed by atoms with Crippen molar-refractivity contribution < 1.29 is 26.4 Å². The van der Waals surface area contributed by atoms with E-state index in [-0.39, 0.29) is 26.1 Å². The first-order chi connectivity index (χ1) is 18.5. The SMILES string of the molecule is COc1ccc(C)cc1NS(=O)(=O)c1ccc(NC(=O)c2ccc(NS(=O)(=O)c3ccccc3)c(Cl)c2)cc1. The first-order valence-corrected chi connectivity index (χ1v) is 14.8. The molecule has 0 aliphatic heterocycles. The number of carbonyl (C=O) groups is 1. The van der Waals surface area contributed by atoms with E-state index in [0.29, 0.717) is 17.1 Å². The zero-order valence-electron chi connectivity index (χ0n) is 20.8. The second-order valence-corrected chi connectivity index (χ2v) is 12.2. The highest BCUT2D eigenvalue weighted by Gasteiger charge is 2.19. The summed E-state index contributed by atoms with van der Waals surface area (Å²) in [6.45, 7) is 1.83. The normalized spacial score (nSPS) is 11.5. The molecule has 3 N–H and O–H groups in total. The second kappa shape index (κ2) is 11.4. The summed E-state index contributed by atoms with van der Waals surface area (Å²) in [6, 6.07) is 22.7. The van der Waals surface area contributed by atoms with Crippen LogP contribution in [0.4, 0.5) is 17.1 Å². The number of methoxy groups -OCH3 is 1. The van der Waals surface area contributed by atoms with Crippen LogP contribution in [0, 0.1) is 6.92 Å². The van der Waals surface area contributed by atoms with Gasteiger partial charge in [0.1, 0.15) is 5.75 Å². The number of sulfonamides is 2. The Bertz CT molecular complexity index is 1730. The van der Waals surface area contributed by atoms with E-state index < -0.39 is 26.0 Å². The Kier molecular flexibility index (Phi) is 8.14. The van der Waals surface area contributed by atoms with Gasteiger partial charge in [-0.15, -0.1) is 0 Å². The highest BCUT2D eigenvalue weighted by Crippen LogP contribution is 2.29. The monoisotopic (exact) mass is 585 g/mol. The summed E-state index contributed by atoms with van der Waals surface area (Å²) in [4.78, 5) is 12.8. The Morgan fingerprint density at radius 3 is 1.97 bits per heavy atom. The molecule has 39 heavy (non-hydrogen) atoms. The largest absolute Gasteiger partial charge is 0.495 e. The number of rotatable bonds is 9. The average molecular weight is 586 g/mol. The summed E-state index contributed by atoms with van der Waals surface area (Å²) in [5.41, 5.74) is 1.79. The van der Waals surface area contributed by atoms with Gasteiger partial charge in [0.2, 0.25) is 0 Å². The van der Waals surface area contributed by atoms with Gasteiger partial charge < -0.3 is 10.1 Å². The number of amides is 1. The quantitative estimate of drug-likeness (QED) is 0.237.